The summed E-state index contributed by atoms with van der Waals surface area (Å²) in [6.45, 7) is 0. The number of hydrogen-bond acceptors (Lipinski definition) is 3. The molecule has 5 nitrogen and oxygen atoms in total. The van der Waals surface area contributed by atoms with E-state index in [0.717, 1.165) is 17.7 Å². The van der Waals surface area contributed by atoms with E-state index in [1.165, 1.54) is 37.8 Å². The summed E-state index contributed by atoms with van der Waals surface area (Å²) in [6, 6.07) is 5.99. The molecule has 1 unspecified atom stereocenters. The zero-order valence-electron chi connectivity index (χ0n) is 14.5. The van der Waals surface area contributed by atoms with Gasteiger partial charge in [-0.2, -0.15) is 5.10 Å². The molecule has 1 atom stereocenters. The van der Waals surface area contributed by atoms with E-state index in [4.69, 9.17) is 0 Å². The number of carbonyl (C=O) groups is 1. The molecule has 2 aliphatic rings. The largest absolute Gasteiger partial charge is 0.310 e. The van der Waals surface area contributed by atoms with Crippen LogP contribution in [0.4, 0.5) is 10.2 Å². The first-order valence-electron chi connectivity index (χ1n) is 9.11. The maximum atomic E-state index is 13.2. The van der Waals surface area contributed by atoms with Crippen molar-refractivity contribution in [3.8, 4) is 5.69 Å². The van der Waals surface area contributed by atoms with Crippen molar-refractivity contribution in [2.45, 2.75) is 50.0 Å². The lowest BCUT2D eigenvalue weighted by atomic mass is 10.0. The average Bonchev–Trinajstić information content (AvgIpc) is 3.32. The topological polar surface area (TPSA) is 64.0 Å². The van der Waals surface area contributed by atoms with E-state index < -0.39 is 10.8 Å². The minimum atomic E-state index is -0.974. The van der Waals surface area contributed by atoms with Crippen molar-refractivity contribution >= 4 is 22.5 Å². The fraction of sp³-hybridized carbons (Fsp3) is 0.474. The number of rotatable bonds is 5. The summed E-state index contributed by atoms with van der Waals surface area (Å²) in [5, 5.41) is 7.50. The van der Waals surface area contributed by atoms with Gasteiger partial charge in [-0.05, 0) is 36.6 Å². The van der Waals surface area contributed by atoms with E-state index in [1.54, 1.807) is 16.8 Å². The summed E-state index contributed by atoms with van der Waals surface area (Å²) in [4.78, 5) is 12.5. The first kappa shape index (κ1) is 17.4. The Morgan fingerprint density at radius 3 is 2.69 bits per heavy atom. The zero-order chi connectivity index (χ0) is 18.1. The standard InChI is InChI=1S/C19H22FN3O2S/c20-14-6-8-15(9-7-14)23-19(16-11-26(25)12-17(16)22-23)21-18(24)10-5-13-3-1-2-4-13/h6-9,13H,1-5,10-12H2,(H,21,24). The normalized spacial score (nSPS) is 19.7. The van der Waals surface area contributed by atoms with E-state index >= 15 is 0 Å². The highest BCUT2D eigenvalue weighted by molar-refractivity contribution is 7.83. The van der Waals surface area contributed by atoms with Crippen LogP contribution < -0.4 is 5.32 Å². The molecule has 1 amide bonds. The van der Waals surface area contributed by atoms with Gasteiger partial charge < -0.3 is 5.32 Å². The molecule has 0 saturated heterocycles. The highest BCUT2D eigenvalue weighted by Gasteiger charge is 2.28. The molecule has 1 aromatic carbocycles. The van der Waals surface area contributed by atoms with Gasteiger partial charge >= 0.3 is 0 Å². The maximum absolute atomic E-state index is 13.2. The number of nitrogens with one attached hydrogen (secondary N) is 1. The van der Waals surface area contributed by atoms with Crippen molar-refractivity contribution in [2.24, 2.45) is 5.92 Å². The van der Waals surface area contributed by atoms with Crippen LogP contribution in [0, 0.1) is 11.7 Å². The van der Waals surface area contributed by atoms with Gasteiger partial charge in [-0.3, -0.25) is 9.00 Å². The number of aromatic nitrogens is 2. The quantitative estimate of drug-likeness (QED) is 0.867. The average molecular weight is 375 g/mol. The first-order chi connectivity index (χ1) is 12.6. The lowest BCUT2D eigenvalue weighted by Gasteiger charge is -2.12. The predicted octanol–water partition coefficient (Wildman–Crippen LogP) is 3.68. The van der Waals surface area contributed by atoms with Crippen LogP contribution in [0.5, 0.6) is 0 Å². The molecular formula is C19H22FN3O2S. The lowest BCUT2D eigenvalue weighted by molar-refractivity contribution is -0.116. The van der Waals surface area contributed by atoms with Crippen molar-refractivity contribution < 1.29 is 13.4 Å². The molecule has 4 rings (SSSR count). The van der Waals surface area contributed by atoms with Gasteiger partial charge in [0.2, 0.25) is 5.91 Å². The molecular weight excluding hydrogens is 353 g/mol. The van der Waals surface area contributed by atoms with Crippen LogP contribution in [0.15, 0.2) is 24.3 Å². The molecule has 0 radical (unpaired) electrons. The van der Waals surface area contributed by atoms with E-state index in [2.05, 4.69) is 10.4 Å². The summed E-state index contributed by atoms with van der Waals surface area (Å²) < 4.78 is 26.8. The molecule has 1 aliphatic heterocycles. The van der Waals surface area contributed by atoms with Gasteiger partial charge in [0.05, 0.1) is 22.9 Å². The third kappa shape index (κ3) is 3.58. The third-order valence-electron chi connectivity index (χ3n) is 5.25. The summed E-state index contributed by atoms with van der Waals surface area (Å²) in [5.41, 5.74) is 2.26. The zero-order valence-corrected chi connectivity index (χ0v) is 15.4. The van der Waals surface area contributed by atoms with Crippen molar-refractivity contribution in [1.82, 2.24) is 9.78 Å². The summed E-state index contributed by atoms with van der Waals surface area (Å²) in [7, 11) is -0.974. The number of nitrogens with zero attached hydrogens (tertiary/aromatic N) is 2. The Kier molecular flexibility index (Phi) is 4.89. The molecule has 1 saturated carbocycles. The molecule has 138 valence electrons. The number of anilines is 1. The van der Waals surface area contributed by atoms with E-state index in [-0.39, 0.29) is 11.7 Å². The predicted molar refractivity (Wildman–Crippen MR) is 98.9 cm³/mol. The van der Waals surface area contributed by atoms with Crippen molar-refractivity contribution in [3.05, 3.63) is 41.3 Å². The number of amides is 1. The Bertz CT molecular complexity index is 841. The Morgan fingerprint density at radius 2 is 1.96 bits per heavy atom. The Balaban J connectivity index is 1.56. The van der Waals surface area contributed by atoms with Gasteiger partial charge in [0.25, 0.3) is 0 Å². The molecule has 26 heavy (non-hydrogen) atoms. The highest BCUT2D eigenvalue weighted by Crippen LogP contribution is 2.32. The third-order valence-corrected chi connectivity index (χ3v) is 6.46. The minimum absolute atomic E-state index is 0.0411. The van der Waals surface area contributed by atoms with Crippen LogP contribution in [-0.4, -0.2) is 19.9 Å². The number of halogens is 1. The van der Waals surface area contributed by atoms with Gasteiger partial charge in [0, 0.05) is 22.8 Å². The van der Waals surface area contributed by atoms with E-state index in [9.17, 15) is 13.4 Å². The van der Waals surface area contributed by atoms with Crippen molar-refractivity contribution in [3.63, 3.8) is 0 Å². The fourth-order valence-electron chi connectivity index (χ4n) is 3.85. The summed E-state index contributed by atoms with van der Waals surface area (Å²) in [5.74, 6) is 1.66. The molecule has 1 fully saturated rings. The molecule has 1 aliphatic carbocycles. The monoisotopic (exact) mass is 375 g/mol. The van der Waals surface area contributed by atoms with Crippen LogP contribution in [-0.2, 0) is 27.1 Å². The van der Waals surface area contributed by atoms with Crippen LogP contribution in [0.2, 0.25) is 0 Å². The van der Waals surface area contributed by atoms with Crippen LogP contribution in [0.3, 0.4) is 0 Å². The van der Waals surface area contributed by atoms with Gasteiger partial charge in [0.1, 0.15) is 11.6 Å². The lowest BCUT2D eigenvalue weighted by Crippen LogP contribution is -2.17. The second kappa shape index (κ2) is 7.31. The Morgan fingerprint density at radius 1 is 1.23 bits per heavy atom. The summed E-state index contributed by atoms with van der Waals surface area (Å²) >= 11 is 0. The fourth-order valence-corrected chi connectivity index (χ4v) is 5.12. The molecule has 0 spiro atoms. The second-order valence-electron chi connectivity index (χ2n) is 7.13. The van der Waals surface area contributed by atoms with Crippen molar-refractivity contribution in [1.29, 1.82) is 0 Å². The van der Waals surface area contributed by atoms with Crippen LogP contribution >= 0.6 is 0 Å². The number of fused-ring (bicyclic) bond motifs is 1. The van der Waals surface area contributed by atoms with Crippen LogP contribution in [0.25, 0.3) is 5.69 Å². The van der Waals surface area contributed by atoms with Gasteiger partial charge in [0.15, 0.2) is 0 Å². The number of hydrogen-bond donors (Lipinski definition) is 1. The number of carbonyl (C=O) groups excluding carboxylic acids is 1. The van der Waals surface area contributed by atoms with Gasteiger partial charge in [-0.1, -0.05) is 25.7 Å². The molecule has 7 heteroatoms. The SMILES string of the molecule is O=C(CCC1CCCC1)Nc1c2c(nn1-c1ccc(F)cc1)CS(=O)C2. The van der Waals surface area contributed by atoms with E-state index in [1.807, 2.05) is 0 Å². The van der Waals surface area contributed by atoms with Gasteiger partial charge in [-0.15, -0.1) is 0 Å². The number of benzene rings is 1. The first-order valence-corrected chi connectivity index (χ1v) is 10.6. The second-order valence-corrected chi connectivity index (χ2v) is 8.58. The highest BCUT2D eigenvalue weighted by atomic mass is 32.2. The molecule has 1 N–H and O–H groups in total. The molecule has 2 aromatic rings. The molecule has 0 bridgehead atoms. The van der Waals surface area contributed by atoms with Crippen molar-refractivity contribution in [2.75, 3.05) is 5.32 Å². The maximum Gasteiger partial charge on any atom is 0.225 e. The smallest absolute Gasteiger partial charge is 0.225 e. The molecule has 1 aromatic heterocycles. The van der Waals surface area contributed by atoms with Gasteiger partial charge in [-0.25, -0.2) is 9.07 Å². The Hall–Kier alpha value is -2.02. The minimum Gasteiger partial charge on any atom is -0.310 e. The molecule has 2 heterocycles. The van der Waals surface area contributed by atoms with E-state index in [0.29, 0.717) is 35.3 Å². The summed E-state index contributed by atoms with van der Waals surface area (Å²) in [6.07, 6.45) is 6.36. The Labute approximate surface area is 154 Å². The van der Waals surface area contributed by atoms with Crippen LogP contribution in [0.1, 0.15) is 49.8 Å².